The molecule has 9 heteroatoms. The summed E-state index contributed by atoms with van der Waals surface area (Å²) >= 11 is 0. The first-order valence-corrected chi connectivity index (χ1v) is 8.57. The number of likely N-dealkylation sites (tertiary alicyclic amines) is 1. The molecule has 1 rings (SSSR count). The molecule has 0 radical (unpaired) electrons. The van der Waals surface area contributed by atoms with E-state index in [-0.39, 0.29) is 48.3 Å². The number of methoxy groups -OCH3 is 1. The smallest absolute Gasteiger partial charge is 0.309 e. The number of esters is 1. The van der Waals surface area contributed by atoms with E-state index in [2.05, 4.69) is 20.5 Å². The van der Waals surface area contributed by atoms with Crippen LogP contribution in [0.4, 0.5) is 0 Å². The zero-order valence-electron chi connectivity index (χ0n) is 15.4. The summed E-state index contributed by atoms with van der Waals surface area (Å²) in [5.74, 6) is 0.420. The Labute approximate surface area is 167 Å². The lowest BCUT2D eigenvalue weighted by molar-refractivity contribution is -0.149. The van der Waals surface area contributed by atoms with Gasteiger partial charge in [0, 0.05) is 33.3 Å². The summed E-state index contributed by atoms with van der Waals surface area (Å²) in [7, 11) is 1.59. The lowest BCUT2D eigenvalue weighted by atomic mass is 9.97. The number of aliphatic imine (C=N–C) groups is 1. The standard InChI is InChI=1S/C16H30N4O4.HI/c1-4-17-16(19-12-14(21)18-8-11-23-3)20-9-6-13(7-10-20)15(22)24-5-2;/h13H,4-12H2,1-3H3,(H,17,19)(H,18,21);1H. The van der Waals surface area contributed by atoms with E-state index >= 15 is 0 Å². The molecule has 1 aliphatic rings. The van der Waals surface area contributed by atoms with Crippen molar-refractivity contribution >= 4 is 41.8 Å². The van der Waals surface area contributed by atoms with Gasteiger partial charge in [0.15, 0.2) is 5.96 Å². The predicted molar refractivity (Wildman–Crippen MR) is 107 cm³/mol. The molecule has 0 spiro atoms. The number of guanidine groups is 1. The van der Waals surface area contributed by atoms with Crippen LogP contribution in [0.1, 0.15) is 26.7 Å². The van der Waals surface area contributed by atoms with Crippen LogP contribution in [0.5, 0.6) is 0 Å². The molecule has 0 atom stereocenters. The second-order valence-corrected chi connectivity index (χ2v) is 5.53. The van der Waals surface area contributed by atoms with Crippen molar-refractivity contribution in [3.8, 4) is 0 Å². The summed E-state index contributed by atoms with van der Waals surface area (Å²) in [4.78, 5) is 30.0. The van der Waals surface area contributed by atoms with Crippen LogP contribution in [0.15, 0.2) is 4.99 Å². The van der Waals surface area contributed by atoms with E-state index < -0.39 is 0 Å². The van der Waals surface area contributed by atoms with Crippen LogP contribution in [-0.2, 0) is 19.1 Å². The molecule has 1 saturated heterocycles. The molecule has 0 saturated carbocycles. The SMILES string of the molecule is CCNC(=NCC(=O)NCCOC)N1CCC(C(=O)OCC)CC1.I. The van der Waals surface area contributed by atoms with Crippen LogP contribution in [0, 0.1) is 5.92 Å². The molecule has 25 heavy (non-hydrogen) atoms. The molecule has 0 aromatic carbocycles. The molecule has 146 valence electrons. The molecule has 2 N–H and O–H groups in total. The number of ether oxygens (including phenoxy) is 2. The fourth-order valence-electron chi connectivity index (χ4n) is 2.51. The van der Waals surface area contributed by atoms with E-state index in [0.717, 1.165) is 32.5 Å². The van der Waals surface area contributed by atoms with E-state index in [4.69, 9.17) is 9.47 Å². The number of carbonyl (C=O) groups is 2. The van der Waals surface area contributed by atoms with Gasteiger partial charge < -0.3 is 25.0 Å². The van der Waals surface area contributed by atoms with Crippen molar-refractivity contribution in [2.45, 2.75) is 26.7 Å². The number of amides is 1. The zero-order chi connectivity index (χ0) is 17.8. The molecule has 1 heterocycles. The topological polar surface area (TPSA) is 92.3 Å². The summed E-state index contributed by atoms with van der Waals surface area (Å²) in [6.45, 7) is 7.43. The van der Waals surface area contributed by atoms with Crippen molar-refractivity contribution in [1.82, 2.24) is 15.5 Å². The van der Waals surface area contributed by atoms with Crippen molar-refractivity contribution in [1.29, 1.82) is 0 Å². The highest BCUT2D eigenvalue weighted by Gasteiger charge is 2.27. The van der Waals surface area contributed by atoms with Gasteiger partial charge in [-0.3, -0.25) is 9.59 Å². The first-order chi connectivity index (χ1) is 11.6. The Hall–Kier alpha value is -1.10. The van der Waals surface area contributed by atoms with Crippen molar-refractivity contribution in [2.24, 2.45) is 10.9 Å². The quantitative estimate of drug-likeness (QED) is 0.178. The highest BCUT2D eigenvalue weighted by Crippen LogP contribution is 2.18. The molecule has 1 aliphatic heterocycles. The Bertz CT molecular complexity index is 426. The number of halogens is 1. The molecule has 0 aliphatic carbocycles. The minimum atomic E-state index is -0.135. The normalized spacial score (nSPS) is 15.3. The van der Waals surface area contributed by atoms with Gasteiger partial charge in [0.25, 0.3) is 0 Å². The number of nitrogens with zero attached hydrogens (tertiary/aromatic N) is 2. The van der Waals surface area contributed by atoms with E-state index in [1.54, 1.807) is 7.11 Å². The fourth-order valence-corrected chi connectivity index (χ4v) is 2.51. The van der Waals surface area contributed by atoms with Gasteiger partial charge in [-0.25, -0.2) is 4.99 Å². The highest BCUT2D eigenvalue weighted by atomic mass is 127. The van der Waals surface area contributed by atoms with Gasteiger partial charge in [0.05, 0.1) is 19.1 Å². The highest BCUT2D eigenvalue weighted by molar-refractivity contribution is 14.0. The number of piperidine rings is 1. The zero-order valence-corrected chi connectivity index (χ0v) is 17.7. The van der Waals surface area contributed by atoms with Crippen molar-refractivity contribution in [3.05, 3.63) is 0 Å². The Morgan fingerprint density at radius 1 is 1.20 bits per heavy atom. The van der Waals surface area contributed by atoms with E-state index in [1.165, 1.54) is 0 Å². The molecular weight excluding hydrogens is 439 g/mol. The minimum absolute atomic E-state index is 0. The summed E-state index contributed by atoms with van der Waals surface area (Å²) in [5, 5.41) is 5.94. The molecule has 1 amide bonds. The average molecular weight is 470 g/mol. The summed E-state index contributed by atoms with van der Waals surface area (Å²) in [6, 6.07) is 0. The number of hydrogen-bond donors (Lipinski definition) is 2. The van der Waals surface area contributed by atoms with Crippen molar-refractivity contribution < 1.29 is 19.1 Å². The van der Waals surface area contributed by atoms with Crippen molar-refractivity contribution in [3.63, 3.8) is 0 Å². The third-order valence-electron chi connectivity index (χ3n) is 3.75. The van der Waals surface area contributed by atoms with Crippen LogP contribution in [0.3, 0.4) is 0 Å². The molecule has 0 bridgehead atoms. The maximum atomic E-state index is 11.8. The molecule has 0 unspecified atom stereocenters. The third-order valence-corrected chi connectivity index (χ3v) is 3.75. The fraction of sp³-hybridized carbons (Fsp3) is 0.812. The Morgan fingerprint density at radius 3 is 2.44 bits per heavy atom. The van der Waals surface area contributed by atoms with Crippen LogP contribution < -0.4 is 10.6 Å². The monoisotopic (exact) mass is 470 g/mol. The lowest BCUT2D eigenvalue weighted by Gasteiger charge is -2.33. The predicted octanol–water partition coefficient (Wildman–Crippen LogP) is 0.608. The largest absolute Gasteiger partial charge is 0.466 e. The summed E-state index contributed by atoms with van der Waals surface area (Å²) in [5.41, 5.74) is 0. The number of carbonyl (C=O) groups excluding carboxylic acids is 2. The second-order valence-electron chi connectivity index (χ2n) is 5.53. The van der Waals surface area contributed by atoms with Crippen molar-refractivity contribution in [2.75, 3.05) is 53.0 Å². The maximum absolute atomic E-state index is 11.8. The van der Waals surface area contributed by atoms with Gasteiger partial charge in [0.2, 0.25) is 5.91 Å². The molecule has 1 fully saturated rings. The number of hydrogen-bond acceptors (Lipinski definition) is 5. The first-order valence-electron chi connectivity index (χ1n) is 8.57. The number of nitrogens with one attached hydrogen (secondary N) is 2. The van der Waals surface area contributed by atoms with Crippen LogP contribution in [-0.4, -0.2) is 75.8 Å². The molecule has 0 aromatic heterocycles. The van der Waals surface area contributed by atoms with E-state index in [0.29, 0.717) is 25.7 Å². The molecular formula is C16H31IN4O4. The van der Waals surface area contributed by atoms with Gasteiger partial charge in [0.1, 0.15) is 6.54 Å². The van der Waals surface area contributed by atoms with Gasteiger partial charge in [-0.2, -0.15) is 0 Å². The summed E-state index contributed by atoms with van der Waals surface area (Å²) in [6.07, 6.45) is 1.48. The van der Waals surface area contributed by atoms with Crippen LogP contribution in [0.25, 0.3) is 0 Å². The maximum Gasteiger partial charge on any atom is 0.309 e. The van der Waals surface area contributed by atoms with E-state index in [9.17, 15) is 9.59 Å². The Balaban J connectivity index is 0.00000576. The van der Waals surface area contributed by atoms with Gasteiger partial charge >= 0.3 is 5.97 Å². The van der Waals surface area contributed by atoms with Crippen LogP contribution in [0.2, 0.25) is 0 Å². The van der Waals surface area contributed by atoms with E-state index in [1.807, 2.05) is 13.8 Å². The number of rotatable bonds is 8. The Morgan fingerprint density at radius 2 is 1.88 bits per heavy atom. The minimum Gasteiger partial charge on any atom is -0.466 e. The van der Waals surface area contributed by atoms with Crippen LogP contribution >= 0.6 is 24.0 Å². The molecule has 8 nitrogen and oxygen atoms in total. The average Bonchev–Trinajstić information content (AvgIpc) is 2.59. The van der Waals surface area contributed by atoms with Gasteiger partial charge in [-0.05, 0) is 26.7 Å². The summed E-state index contributed by atoms with van der Waals surface area (Å²) < 4.78 is 9.97. The lowest BCUT2D eigenvalue weighted by Crippen LogP contribution is -2.47. The second kappa shape index (κ2) is 14.1. The first kappa shape index (κ1) is 23.9. The molecule has 0 aromatic rings. The Kier molecular flexibility index (Phi) is 13.5. The van der Waals surface area contributed by atoms with Gasteiger partial charge in [-0.15, -0.1) is 24.0 Å². The third kappa shape index (κ3) is 9.24. The van der Waals surface area contributed by atoms with Gasteiger partial charge in [-0.1, -0.05) is 0 Å².